The Morgan fingerprint density at radius 1 is 1.27 bits per heavy atom. The number of carbonyl (C=O) groups is 3. The monoisotopic (exact) mass is 378 g/mol. The molecular weight excluding hydrogens is 364 g/mol. The van der Waals surface area contributed by atoms with E-state index >= 15 is 0 Å². The van der Waals surface area contributed by atoms with Gasteiger partial charge in [-0.2, -0.15) is 13.2 Å². The lowest BCUT2D eigenvalue weighted by Crippen LogP contribution is -2.35. The normalized spacial score (nSPS) is 20.0. The summed E-state index contributed by atoms with van der Waals surface area (Å²) in [4.78, 5) is 35.5. The van der Waals surface area contributed by atoms with Crippen LogP contribution in [-0.4, -0.2) is 54.4 Å². The predicted molar refractivity (Wildman–Crippen MR) is 79.0 cm³/mol. The molecule has 0 unspecified atom stereocenters. The van der Waals surface area contributed by atoms with Gasteiger partial charge in [0.15, 0.2) is 0 Å². The van der Waals surface area contributed by atoms with Gasteiger partial charge in [0.05, 0.1) is 30.2 Å². The Hall–Kier alpha value is -2.85. The number of halogens is 4. The van der Waals surface area contributed by atoms with Gasteiger partial charge in [0, 0.05) is 13.1 Å². The van der Waals surface area contributed by atoms with Crippen molar-refractivity contribution >= 4 is 23.7 Å². The van der Waals surface area contributed by atoms with Crippen LogP contribution >= 0.6 is 0 Å². The lowest BCUT2D eigenvalue weighted by atomic mass is 9.96. The molecule has 11 heteroatoms. The van der Waals surface area contributed by atoms with Crippen molar-refractivity contribution in [1.82, 2.24) is 4.90 Å². The maximum atomic E-state index is 13.4. The first-order chi connectivity index (χ1) is 12.0. The van der Waals surface area contributed by atoms with Crippen LogP contribution in [0.2, 0.25) is 0 Å². The average Bonchev–Trinajstić information content (AvgIpc) is 3.00. The summed E-state index contributed by atoms with van der Waals surface area (Å²) >= 11 is 0. The largest absolute Gasteiger partial charge is 0.481 e. The van der Waals surface area contributed by atoms with Crippen LogP contribution in [0.25, 0.3) is 0 Å². The molecule has 1 fully saturated rings. The minimum Gasteiger partial charge on any atom is -0.481 e. The van der Waals surface area contributed by atoms with Crippen molar-refractivity contribution in [3.63, 3.8) is 0 Å². The number of alkyl halides is 3. The fourth-order valence-corrected chi connectivity index (χ4v) is 2.65. The molecule has 2 amide bonds. The topological polar surface area (TPSA) is 95.9 Å². The first-order valence-electron chi connectivity index (χ1n) is 7.28. The maximum Gasteiger partial charge on any atom is 0.394 e. The molecule has 0 spiro atoms. The number of anilines is 1. The molecule has 1 aromatic carbocycles. The quantitative estimate of drug-likeness (QED) is 0.622. The summed E-state index contributed by atoms with van der Waals surface area (Å²) in [5.41, 5.74) is -0.507. The number of urea groups is 1. The highest BCUT2D eigenvalue weighted by Gasteiger charge is 2.53. The van der Waals surface area contributed by atoms with E-state index in [0.717, 1.165) is 25.3 Å². The van der Waals surface area contributed by atoms with Crippen molar-refractivity contribution in [2.45, 2.75) is 6.18 Å². The van der Waals surface area contributed by atoms with Gasteiger partial charge in [-0.3, -0.25) is 4.79 Å². The van der Waals surface area contributed by atoms with Crippen molar-refractivity contribution in [2.75, 3.05) is 25.5 Å². The Morgan fingerprint density at radius 2 is 1.92 bits per heavy atom. The highest BCUT2D eigenvalue weighted by molar-refractivity contribution is 6.01. The average molecular weight is 378 g/mol. The number of aliphatic carboxylic acids is 1. The fraction of sp³-hybridized carbons (Fsp3) is 0.400. The van der Waals surface area contributed by atoms with Gasteiger partial charge in [-0.15, -0.1) is 0 Å². The van der Waals surface area contributed by atoms with Gasteiger partial charge in [0.1, 0.15) is 5.82 Å². The number of ether oxygens (including phenoxy) is 1. The van der Waals surface area contributed by atoms with E-state index in [1.54, 1.807) is 0 Å². The summed E-state index contributed by atoms with van der Waals surface area (Å²) < 4.78 is 56.8. The van der Waals surface area contributed by atoms with Gasteiger partial charge < -0.3 is 20.1 Å². The summed E-state index contributed by atoms with van der Waals surface area (Å²) in [6.45, 7) is -1.54. The molecule has 26 heavy (non-hydrogen) atoms. The first kappa shape index (κ1) is 19.5. The van der Waals surface area contributed by atoms with E-state index in [-0.39, 0.29) is 11.3 Å². The van der Waals surface area contributed by atoms with Crippen LogP contribution in [0.4, 0.5) is 28.0 Å². The van der Waals surface area contributed by atoms with E-state index in [0.29, 0.717) is 4.90 Å². The highest BCUT2D eigenvalue weighted by Crippen LogP contribution is 2.38. The summed E-state index contributed by atoms with van der Waals surface area (Å²) in [6, 6.07) is 1.70. The predicted octanol–water partition coefficient (Wildman–Crippen LogP) is 2.34. The number of benzene rings is 1. The number of nitrogens with zero attached hydrogens (tertiary/aromatic N) is 1. The zero-order valence-electron chi connectivity index (χ0n) is 13.3. The summed E-state index contributed by atoms with van der Waals surface area (Å²) in [5.74, 6) is -7.40. The van der Waals surface area contributed by atoms with Crippen LogP contribution in [0.3, 0.4) is 0 Å². The minimum absolute atomic E-state index is 0.205. The van der Waals surface area contributed by atoms with E-state index in [1.807, 2.05) is 0 Å². The van der Waals surface area contributed by atoms with Crippen molar-refractivity contribution in [3.8, 4) is 0 Å². The molecule has 1 aliphatic heterocycles. The third-order valence-corrected chi connectivity index (χ3v) is 3.97. The standard InChI is InChI=1S/C15H14F4N2O5/c1-26-13(24)8-3-2-7(16)4-11(8)20-14(25)21-5-9(12(22)23)10(6-21)15(17,18)19/h2-4,9-10H,5-6H2,1H3,(H,20,25)(H,22,23)/t9-,10-/m1/s1. The summed E-state index contributed by atoms with van der Waals surface area (Å²) in [5, 5.41) is 11.1. The number of hydrogen-bond acceptors (Lipinski definition) is 4. The van der Waals surface area contributed by atoms with Gasteiger partial charge in [-0.05, 0) is 18.2 Å². The molecule has 2 rings (SSSR count). The molecule has 0 aromatic heterocycles. The number of carbonyl (C=O) groups excluding carboxylic acids is 2. The number of rotatable bonds is 3. The Morgan fingerprint density at radius 3 is 2.42 bits per heavy atom. The number of amides is 2. The van der Waals surface area contributed by atoms with Crippen LogP contribution in [0.1, 0.15) is 10.4 Å². The van der Waals surface area contributed by atoms with Crippen molar-refractivity contribution < 1.29 is 41.8 Å². The first-order valence-corrected chi connectivity index (χ1v) is 7.28. The van der Waals surface area contributed by atoms with E-state index in [1.165, 1.54) is 0 Å². The summed E-state index contributed by atoms with van der Waals surface area (Å²) in [7, 11) is 1.06. The molecule has 1 aliphatic rings. The Kier molecular flexibility index (Phi) is 5.38. The lowest BCUT2D eigenvalue weighted by Gasteiger charge is -2.19. The van der Waals surface area contributed by atoms with E-state index in [4.69, 9.17) is 5.11 Å². The van der Waals surface area contributed by atoms with Gasteiger partial charge in [0.2, 0.25) is 0 Å². The number of likely N-dealkylation sites (tertiary alicyclic amines) is 1. The molecule has 0 aliphatic carbocycles. The van der Waals surface area contributed by atoms with Gasteiger partial charge >= 0.3 is 24.1 Å². The molecule has 0 radical (unpaired) electrons. The van der Waals surface area contributed by atoms with Gasteiger partial charge in [0.25, 0.3) is 0 Å². The van der Waals surface area contributed by atoms with Crippen LogP contribution in [0.15, 0.2) is 18.2 Å². The smallest absolute Gasteiger partial charge is 0.394 e. The van der Waals surface area contributed by atoms with E-state index in [9.17, 15) is 31.9 Å². The molecule has 2 atom stereocenters. The van der Waals surface area contributed by atoms with Crippen LogP contribution in [0, 0.1) is 17.7 Å². The Labute approximate surface area is 144 Å². The third kappa shape index (κ3) is 4.03. The molecule has 1 saturated heterocycles. The molecule has 7 nitrogen and oxygen atoms in total. The number of nitrogens with one attached hydrogen (secondary N) is 1. The van der Waals surface area contributed by atoms with Crippen molar-refractivity contribution in [1.29, 1.82) is 0 Å². The molecule has 0 saturated carbocycles. The zero-order valence-corrected chi connectivity index (χ0v) is 13.3. The second kappa shape index (κ2) is 7.18. The molecule has 2 N–H and O–H groups in total. The second-order valence-corrected chi connectivity index (χ2v) is 5.61. The van der Waals surface area contributed by atoms with E-state index < -0.39 is 54.9 Å². The van der Waals surface area contributed by atoms with Crippen LogP contribution in [-0.2, 0) is 9.53 Å². The lowest BCUT2D eigenvalue weighted by molar-refractivity contribution is -0.187. The van der Waals surface area contributed by atoms with Gasteiger partial charge in [-0.1, -0.05) is 0 Å². The second-order valence-electron chi connectivity index (χ2n) is 5.61. The molecule has 0 bridgehead atoms. The Bertz CT molecular complexity index is 737. The molecule has 1 aromatic rings. The number of carboxylic acid groups (broad SMARTS) is 1. The number of hydrogen-bond donors (Lipinski definition) is 2. The third-order valence-electron chi connectivity index (χ3n) is 3.97. The summed E-state index contributed by atoms with van der Waals surface area (Å²) in [6.07, 6.45) is -4.80. The van der Waals surface area contributed by atoms with Gasteiger partial charge in [-0.25, -0.2) is 14.0 Å². The number of carboxylic acids is 1. The molecule has 142 valence electrons. The molecular formula is C15H14F4N2O5. The van der Waals surface area contributed by atoms with Crippen LogP contribution < -0.4 is 5.32 Å². The van der Waals surface area contributed by atoms with Crippen LogP contribution in [0.5, 0.6) is 0 Å². The van der Waals surface area contributed by atoms with Crippen molar-refractivity contribution in [3.05, 3.63) is 29.6 Å². The number of esters is 1. The Balaban J connectivity index is 2.22. The number of methoxy groups -OCH3 is 1. The SMILES string of the molecule is COC(=O)c1ccc(F)cc1NC(=O)N1C[C@@H](C(F)(F)F)[C@H](C(=O)O)C1. The van der Waals surface area contributed by atoms with Crippen molar-refractivity contribution in [2.24, 2.45) is 11.8 Å². The van der Waals surface area contributed by atoms with E-state index in [2.05, 4.69) is 10.1 Å². The maximum absolute atomic E-state index is 13.4. The minimum atomic E-state index is -4.80. The fourth-order valence-electron chi connectivity index (χ4n) is 2.65. The zero-order chi connectivity index (χ0) is 19.6. The molecule has 1 heterocycles. The highest BCUT2D eigenvalue weighted by atomic mass is 19.4.